The Kier molecular flexibility index (Phi) is 6.02. The van der Waals surface area contributed by atoms with Gasteiger partial charge in [-0.15, -0.1) is 0 Å². The van der Waals surface area contributed by atoms with E-state index in [-0.39, 0.29) is 24.1 Å². The van der Waals surface area contributed by atoms with Crippen LogP contribution in [0.1, 0.15) is 11.1 Å². The zero-order valence-electron chi connectivity index (χ0n) is 19.0. The molecule has 34 heavy (non-hydrogen) atoms. The van der Waals surface area contributed by atoms with Gasteiger partial charge in [0.25, 0.3) is 0 Å². The first-order valence-corrected chi connectivity index (χ1v) is 11.4. The summed E-state index contributed by atoms with van der Waals surface area (Å²) in [4.78, 5) is 40.2. The Morgan fingerprint density at radius 2 is 2.00 bits per heavy atom. The zero-order valence-corrected chi connectivity index (χ0v) is 19.0. The number of benzene rings is 1. The predicted molar refractivity (Wildman–Crippen MR) is 128 cm³/mol. The number of carbonyl (C=O) groups is 2. The van der Waals surface area contributed by atoms with E-state index in [1.54, 1.807) is 17.2 Å². The summed E-state index contributed by atoms with van der Waals surface area (Å²) in [6.45, 7) is 1.99. The third kappa shape index (κ3) is 4.38. The largest absolute Gasteiger partial charge is 0.361 e. The fourth-order valence-electron chi connectivity index (χ4n) is 4.61. The molecule has 0 aliphatic carbocycles. The summed E-state index contributed by atoms with van der Waals surface area (Å²) < 4.78 is 13.6. The fourth-order valence-corrected chi connectivity index (χ4v) is 4.61. The first-order chi connectivity index (χ1) is 16.5. The smallest absolute Gasteiger partial charge is 0.239 e. The van der Waals surface area contributed by atoms with Crippen molar-refractivity contribution in [1.82, 2.24) is 30.1 Å². The van der Waals surface area contributed by atoms with Gasteiger partial charge >= 0.3 is 0 Å². The molecule has 3 aromatic heterocycles. The summed E-state index contributed by atoms with van der Waals surface area (Å²) in [5.74, 6) is -0.395. The standard InChI is InChI=1S/C25H27FN6O2/c1-31-9-10-32(23(33)11-17-14-30-24-19(17)3-2-7-27-24)15-22(31)25(34)28-8-6-16-13-29-21-5-4-18(26)12-20(16)21/h2-5,7,12-14,22,29H,6,8-11,15H2,1H3,(H,27,30)(H,28,34). The van der Waals surface area contributed by atoms with Gasteiger partial charge in [-0.2, -0.15) is 0 Å². The molecular weight excluding hydrogens is 435 g/mol. The number of rotatable bonds is 6. The quantitative estimate of drug-likeness (QED) is 0.409. The van der Waals surface area contributed by atoms with E-state index >= 15 is 0 Å². The molecule has 0 saturated carbocycles. The maximum absolute atomic E-state index is 13.6. The van der Waals surface area contributed by atoms with Crippen LogP contribution < -0.4 is 5.32 Å². The number of nitrogens with one attached hydrogen (secondary N) is 3. The lowest BCUT2D eigenvalue weighted by Gasteiger charge is -2.38. The molecule has 1 atom stereocenters. The van der Waals surface area contributed by atoms with Crippen molar-refractivity contribution in [1.29, 1.82) is 0 Å². The number of fused-ring (bicyclic) bond motifs is 2. The van der Waals surface area contributed by atoms with E-state index in [9.17, 15) is 14.0 Å². The highest BCUT2D eigenvalue weighted by atomic mass is 19.1. The Labute approximate surface area is 196 Å². The molecule has 5 rings (SSSR count). The van der Waals surface area contributed by atoms with Crippen molar-refractivity contribution >= 4 is 33.8 Å². The highest BCUT2D eigenvalue weighted by molar-refractivity contribution is 5.88. The molecule has 0 radical (unpaired) electrons. The van der Waals surface area contributed by atoms with E-state index in [1.807, 2.05) is 36.5 Å². The third-order valence-corrected chi connectivity index (χ3v) is 6.60. The molecule has 1 aliphatic heterocycles. The second-order valence-corrected chi connectivity index (χ2v) is 8.77. The summed E-state index contributed by atoms with van der Waals surface area (Å²) in [5.41, 5.74) is 3.49. The molecule has 176 valence electrons. The molecule has 9 heteroatoms. The van der Waals surface area contributed by atoms with Crippen molar-refractivity contribution in [3.05, 3.63) is 65.9 Å². The van der Waals surface area contributed by atoms with Gasteiger partial charge in [0.15, 0.2) is 0 Å². The number of pyridine rings is 1. The lowest BCUT2D eigenvalue weighted by Crippen LogP contribution is -2.59. The van der Waals surface area contributed by atoms with E-state index in [4.69, 9.17) is 0 Å². The number of aromatic nitrogens is 3. The number of amides is 2. The summed E-state index contributed by atoms with van der Waals surface area (Å²) in [6.07, 6.45) is 6.24. The van der Waals surface area contributed by atoms with Gasteiger partial charge in [-0.3, -0.25) is 14.5 Å². The van der Waals surface area contributed by atoms with E-state index in [1.165, 1.54) is 12.1 Å². The summed E-state index contributed by atoms with van der Waals surface area (Å²) >= 11 is 0. The number of nitrogens with zero attached hydrogens (tertiary/aromatic N) is 3. The molecule has 2 amide bonds. The van der Waals surface area contributed by atoms with Crippen LogP contribution in [0.4, 0.5) is 4.39 Å². The van der Waals surface area contributed by atoms with Crippen LogP contribution >= 0.6 is 0 Å². The number of likely N-dealkylation sites (N-methyl/N-ethyl adjacent to an activating group) is 1. The normalized spacial score (nSPS) is 16.9. The molecule has 1 saturated heterocycles. The second-order valence-electron chi connectivity index (χ2n) is 8.77. The number of halogens is 1. The minimum absolute atomic E-state index is 0.00327. The Hall–Kier alpha value is -3.72. The van der Waals surface area contributed by atoms with Crippen LogP contribution in [0.2, 0.25) is 0 Å². The number of piperazine rings is 1. The van der Waals surface area contributed by atoms with Crippen molar-refractivity contribution in [2.75, 3.05) is 33.2 Å². The second kappa shape index (κ2) is 9.26. The Balaban J connectivity index is 1.18. The number of aromatic amines is 2. The zero-order chi connectivity index (χ0) is 23.7. The van der Waals surface area contributed by atoms with Gasteiger partial charge in [-0.1, -0.05) is 0 Å². The van der Waals surface area contributed by atoms with Gasteiger partial charge in [0, 0.05) is 61.1 Å². The number of hydrogen-bond acceptors (Lipinski definition) is 4. The van der Waals surface area contributed by atoms with Gasteiger partial charge in [-0.25, -0.2) is 9.37 Å². The maximum atomic E-state index is 13.6. The average Bonchev–Trinajstić information content (AvgIpc) is 3.43. The van der Waals surface area contributed by atoms with Crippen molar-refractivity contribution in [3.8, 4) is 0 Å². The van der Waals surface area contributed by atoms with Gasteiger partial charge in [0.05, 0.1) is 6.42 Å². The highest BCUT2D eigenvalue weighted by Crippen LogP contribution is 2.20. The van der Waals surface area contributed by atoms with Gasteiger partial charge in [-0.05, 0) is 54.9 Å². The minimum atomic E-state index is -0.414. The van der Waals surface area contributed by atoms with E-state index < -0.39 is 6.04 Å². The Bertz CT molecular complexity index is 1350. The molecule has 8 nitrogen and oxygen atoms in total. The molecule has 1 aromatic carbocycles. The minimum Gasteiger partial charge on any atom is -0.361 e. The lowest BCUT2D eigenvalue weighted by atomic mass is 10.1. The van der Waals surface area contributed by atoms with E-state index in [2.05, 4.69) is 20.3 Å². The number of carbonyl (C=O) groups excluding carboxylic acids is 2. The predicted octanol–water partition coefficient (Wildman–Crippen LogP) is 2.23. The van der Waals surface area contributed by atoms with Gasteiger partial charge < -0.3 is 20.2 Å². The van der Waals surface area contributed by atoms with Crippen LogP contribution in [0, 0.1) is 5.82 Å². The highest BCUT2D eigenvalue weighted by Gasteiger charge is 2.32. The number of hydrogen-bond donors (Lipinski definition) is 3. The van der Waals surface area contributed by atoms with Crippen LogP contribution in [-0.2, 0) is 22.4 Å². The van der Waals surface area contributed by atoms with Crippen LogP contribution in [0.5, 0.6) is 0 Å². The SMILES string of the molecule is CN1CCN(C(=O)Cc2c[nH]c3ncccc23)CC1C(=O)NCCc1c[nH]c2ccc(F)cc12. The monoisotopic (exact) mass is 462 g/mol. The molecule has 1 aliphatic rings. The van der Waals surface area contributed by atoms with E-state index in [0.717, 1.165) is 33.1 Å². The van der Waals surface area contributed by atoms with Crippen LogP contribution in [-0.4, -0.2) is 75.8 Å². The first kappa shape index (κ1) is 22.1. The van der Waals surface area contributed by atoms with Crippen molar-refractivity contribution in [3.63, 3.8) is 0 Å². The molecule has 1 fully saturated rings. The first-order valence-electron chi connectivity index (χ1n) is 11.4. The topological polar surface area (TPSA) is 97.1 Å². The van der Waals surface area contributed by atoms with E-state index in [0.29, 0.717) is 32.6 Å². The number of H-pyrrole nitrogens is 2. The Morgan fingerprint density at radius 3 is 2.88 bits per heavy atom. The van der Waals surface area contributed by atoms with Gasteiger partial charge in [0.1, 0.15) is 17.5 Å². The summed E-state index contributed by atoms with van der Waals surface area (Å²) in [5, 5.41) is 4.76. The molecule has 4 heterocycles. The fraction of sp³-hybridized carbons (Fsp3) is 0.320. The molecule has 4 aromatic rings. The van der Waals surface area contributed by atoms with Crippen molar-refractivity contribution in [2.24, 2.45) is 0 Å². The molecule has 0 bridgehead atoms. The van der Waals surface area contributed by atoms with Crippen LogP contribution in [0.3, 0.4) is 0 Å². The third-order valence-electron chi connectivity index (χ3n) is 6.60. The molecule has 3 N–H and O–H groups in total. The van der Waals surface area contributed by atoms with Crippen molar-refractivity contribution < 1.29 is 14.0 Å². The van der Waals surface area contributed by atoms with Gasteiger partial charge in [0.2, 0.25) is 11.8 Å². The molecular formula is C25H27FN6O2. The maximum Gasteiger partial charge on any atom is 0.239 e. The summed E-state index contributed by atoms with van der Waals surface area (Å²) in [6, 6.07) is 8.03. The Morgan fingerprint density at radius 1 is 1.15 bits per heavy atom. The average molecular weight is 463 g/mol. The molecule has 1 unspecified atom stereocenters. The molecule has 0 spiro atoms. The lowest BCUT2D eigenvalue weighted by molar-refractivity contribution is -0.136. The van der Waals surface area contributed by atoms with Crippen molar-refractivity contribution in [2.45, 2.75) is 18.9 Å². The summed E-state index contributed by atoms with van der Waals surface area (Å²) in [7, 11) is 1.90. The van der Waals surface area contributed by atoms with Crippen LogP contribution in [0.25, 0.3) is 21.9 Å². The van der Waals surface area contributed by atoms with Crippen LogP contribution in [0.15, 0.2) is 48.9 Å².